The maximum absolute atomic E-state index is 13.5. The second-order valence-electron chi connectivity index (χ2n) is 4.45. The van der Waals surface area contributed by atoms with Crippen LogP contribution < -0.4 is 0 Å². The van der Waals surface area contributed by atoms with Crippen molar-refractivity contribution < 1.29 is 33.0 Å². The lowest BCUT2D eigenvalue weighted by molar-refractivity contribution is -0.141. The molecule has 2 unspecified atom stereocenters. The summed E-state index contributed by atoms with van der Waals surface area (Å²) >= 11 is 0. The first-order valence-corrected chi connectivity index (χ1v) is 5.67. The molecule has 0 spiro atoms. The normalized spacial score (nSPS) is 22.1. The van der Waals surface area contributed by atoms with Crippen molar-refractivity contribution in [2.75, 3.05) is 6.54 Å². The number of rotatable bonds is 2. The van der Waals surface area contributed by atoms with E-state index < -0.39 is 47.0 Å². The number of aliphatic carboxylic acids is 1. The maximum Gasteiger partial charge on any atom is 0.326 e. The van der Waals surface area contributed by atoms with Crippen molar-refractivity contribution in [2.24, 2.45) is 0 Å². The molecule has 1 aliphatic heterocycles. The highest BCUT2D eigenvalue weighted by Crippen LogP contribution is 2.24. The van der Waals surface area contributed by atoms with Crippen LogP contribution >= 0.6 is 0 Å². The van der Waals surface area contributed by atoms with E-state index in [0.717, 1.165) is 0 Å². The Hall–Kier alpha value is -2.09. The van der Waals surface area contributed by atoms with E-state index in [1.807, 2.05) is 0 Å². The van der Waals surface area contributed by atoms with Crippen LogP contribution in [0.1, 0.15) is 16.8 Å². The van der Waals surface area contributed by atoms with Crippen LogP contribution in [0.4, 0.5) is 13.2 Å². The Kier molecular flexibility index (Phi) is 3.67. The summed E-state index contributed by atoms with van der Waals surface area (Å²) in [5.41, 5.74) is -1.04. The predicted octanol–water partition coefficient (Wildman–Crippen LogP) is 0.764. The number of carbonyl (C=O) groups is 2. The first-order chi connectivity index (χ1) is 9.31. The highest BCUT2D eigenvalue weighted by Gasteiger charge is 2.40. The van der Waals surface area contributed by atoms with Crippen LogP contribution in [0.5, 0.6) is 0 Å². The lowest BCUT2D eigenvalue weighted by Crippen LogP contribution is -2.41. The maximum atomic E-state index is 13.5. The van der Waals surface area contributed by atoms with Crippen molar-refractivity contribution in [3.8, 4) is 0 Å². The highest BCUT2D eigenvalue weighted by molar-refractivity contribution is 5.97. The number of aliphatic hydroxyl groups is 1. The zero-order valence-corrected chi connectivity index (χ0v) is 10.0. The van der Waals surface area contributed by atoms with Gasteiger partial charge in [-0.05, 0) is 0 Å². The Morgan fingerprint density at radius 1 is 1.20 bits per heavy atom. The molecule has 20 heavy (non-hydrogen) atoms. The lowest BCUT2D eigenvalue weighted by atomic mass is 10.1. The van der Waals surface area contributed by atoms with Gasteiger partial charge in [0.25, 0.3) is 5.91 Å². The number of benzene rings is 1. The Morgan fingerprint density at radius 2 is 1.75 bits per heavy atom. The van der Waals surface area contributed by atoms with Crippen LogP contribution in [-0.4, -0.2) is 45.7 Å². The molecule has 1 aromatic carbocycles. The minimum Gasteiger partial charge on any atom is -0.480 e. The van der Waals surface area contributed by atoms with Crippen LogP contribution in [0.15, 0.2) is 12.1 Å². The van der Waals surface area contributed by atoms with E-state index >= 15 is 0 Å². The van der Waals surface area contributed by atoms with E-state index in [2.05, 4.69) is 0 Å². The van der Waals surface area contributed by atoms with E-state index in [0.29, 0.717) is 17.0 Å². The summed E-state index contributed by atoms with van der Waals surface area (Å²) in [7, 11) is 0. The summed E-state index contributed by atoms with van der Waals surface area (Å²) in [5.74, 6) is -6.65. The number of aliphatic hydroxyl groups excluding tert-OH is 1. The van der Waals surface area contributed by atoms with Gasteiger partial charge in [-0.1, -0.05) is 0 Å². The Balaban J connectivity index is 2.39. The Morgan fingerprint density at radius 3 is 2.25 bits per heavy atom. The number of amides is 1. The number of carbonyl (C=O) groups excluding carboxylic acids is 1. The number of nitrogens with zero attached hydrogens (tertiary/aromatic N) is 1. The van der Waals surface area contributed by atoms with Crippen molar-refractivity contribution >= 4 is 11.9 Å². The van der Waals surface area contributed by atoms with Gasteiger partial charge in [0.2, 0.25) is 0 Å². The molecule has 2 atom stereocenters. The summed E-state index contributed by atoms with van der Waals surface area (Å²) in [5, 5.41) is 18.3. The summed E-state index contributed by atoms with van der Waals surface area (Å²) < 4.78 is 39.8. The molecule has 8 heteroatoms. The first-order valence-electron chi connectivity index (χ1n) is 5.67. The third kappa shape index (κ3) is 2.46. The van der Waals surface area contributed by atoms with Crippen LogP contribution in [0.2, 0.25) is 0 Å². The van der Waals surface area contributed by atoms with Crippen molar-refractivity contribution in [1.29, 1.82) is 0 Å². The number of carboxylic acids is 1. The second-order valence-corrected chi connectivity index (χ2v) is 4.45. The molecule has 0 aliphatic carbocycles. The van der Waals surface area contributed by atoms with Gasteiger partial charge in [0.15, 0.2) is 0 Å². The molecule has 1 aliphatic rings. The van der Waals surface area contributed by atoms with Crippen LogP contribution in [0, 0.1) is 17.5 Å². The fourth-order valence-corrected chi connectivity index (χ4v) is 2.16. The van der Waals surface area contributed by atoms with Gasteiger partial charge in [0.1, 0.15) is 29.1 Å². The molecule has 108 valence electrons. The molecular weight excluding hydrogens is 279 g/mol. The molecular formula is C12H10F3NO4. The number of hydrogen-bond donors (Lipinski definition) is 2. The highest BCUT2D eigenvalue weighted by atomic mass is 19.1. The molecule has 0 radical (unpaired) electrons. The third-order valence-corrected chi connectivity index (χ3v) is 3.05. The SMILES string of the molecule is O=C(O)C1CC(O)CN1C(=O)c1c(F)cc(F)cc1F. The van der Waals surface area contributed by atoms with Crippen LogP contribution in [-0.2, 0) is 4.79 Å². The number of carboxylic acid groups (broad SMARTS) is 1. The van der Waals surface area contributed by atoms with Crippen LogP contribution in [0.25, 0.3) is 0 Å². The lowest BCUT2D eigenvalue weighted by Gasteiger charge is -2.21. The van der Waals surface area contributed by atoms with E-state index in [-0.39, 0.29) is 13.0 Å². The Labute approximate surface area is 111 Å². The zero-order chi connectivity index (χ0) is 15.0. The monoisotopic (exact) mass is 289 g/mol. The van der Waals surface area contributed by atoms with E-state index in [1.54, 1.807) is 0 Å². The van der Waals surface area contributed by atoms with E-state index in [9.17, 15) is 27.9 Å². The Bertz CT molecular complexity index is 555. The van der Waals surface area contributed by atoms with Crippen molar-refractivity contribution in [1.82, 2.24) is 4.90 Å². The fourth-order valence-electron chi connectivity index (χ4n) is 2.16. The van der Waals surface area contributed by atoms with Gasteiger partial charge in [0, 0.05) is 25.1 Å². The molecule has 1 saturated heterocycles. The summed E-state index contributed by atoms with van der Waals surface area (Å²) in [4.78, 5) is 23.6. The van der Waals surface area contributed by atoms with Gasteiger partial charge < -0.3 is 15.1 Å². The average molecular weight is 289 g/mol. The van der Waals surface area contributed by atoms with Crippen molar-refractivity contribution in [3.63, 3.8) is 0 Å². The first kappa shape index (κ1) is 14.3. The van der Waals surface area contributed by atoms with Gasteiger partial charge in [0.05, 0.1) is 6.10 Å². The van der Waals surface area contributed by atoms with Gasteiger partial charge in [-0.2, -0.15) is 0 Å². The molecule has 2 rings (SSSR count). The molecule has 0 bridgehead atoms. The second kappa shape index (κ2) is 5.12. The van der Waals surface area contributed by atoms with Gasteiger partial charge >= 0.3 is 5.97 Å². The zero-order valence-electron chi connectivity index (χ0n) is 10.0. The molecule has 1 fully saturated rings. The van der Waals surface area contributed by atoms with Gasteiger partial charge in [-0.15, -0.1) is 0 Å². The topological polar surface area (TPSA) is 77.8 Å². The van der Waals surface area contributed by atoms with Crippen LogP contribution in [0.3, 0.4) is 0 Å². The molecule has 5 nitrogen and oxygen atoms in total. The number of halogens is 3. The standard InChI is InChI=1S/C12H10F3NO4/c13-5-1-7(14)10(8(15)2-5)11(18)16-4-6(17)3-9(16)12(19)20/h1-2,6,9,17H,3-4H2,(H,19,20). The number of likely N-dealkylation sites (tertiary alicyclic amines) is 1. The third-order valence-electron chi connectivity index (χ3n) is 3.05. The van der Waals surface area contributed by atoms with Crippen molar-refractivity contribution in [3.05, 3.63) is 35.1 Å². The minimum atomic E-state index is -1.42. The smallest absolute Gasteiger partial charge is 0.326 e. The molecule has 0 aromatic heterocycles. The van der Waals surface area contributed by atoms with Crippen molar-refractivity contribution in [2.45, 2.75) is 18.6 Å². The van der Waals surface area contributed by atoms with Gasteiger partial charge in [-0.3, -0.25) is 4.79 Å². The minimum absolute atomic E-state index is 0.231. The molecule has 1 aromatic rings. The quantitative estimate of drug-likeness (QED) is 0.842. The largest absolute Gasteiger partial charge is 0.480 e. The number of hydrogen-bond acceptors (Lipinski definition) is 3. The molecule has 1 heterocycles. The molecule has 2 N–H and O–H groups in total. The van der Waals surface area contributed by atoms with Gasteiger partial charge in [-0.25, -0.2) is 18.0 Å². The van der Waals surface area contributed by atoms with E-state index in [1.165, 1.54) is 0 Å². The number of β-amino-alcohol motifs (C(OH)–C–C–N with tert-alkyl or cyclic N) is 1. The fraction of sp³-hybridized carbons (Fsp3) is 0.333. The molecule has 0 saturated carbocycles. The molecule has 1 amide bonds. The average Bonchev–Trinajstić information content (AvgIpc) is 2.70. The predicted molar refractivity (Wildman–Crippen MR) is 59.4 cm³/mol. The summed E-state index contributed by atoms with van der Waals surface area (Å²) in [6.07, 6.45) is -1.32. The van der Waals surface area contributed by atoms with E-state index in [4.69, 9.17) is 5.11 Å². The summed E-state index contributed by atoms with van der Waals surface area (Å²) in [6, 6.07) is -0.710. The summed E-state index contributed by atoms with van der Waals surface area (Å²) in [6.45, 7) is -0.355.